The Kier molecular flexibility index (Phi) is 8.19. The van der Waals surface area contributed by atoms with Gasteiger partial charge in [-0.05, 0) is 37.1 Å². The first kappa shape index (κ1) is 24.8. The molecule has 0 amide bonds. The van der Waals surface area contributed by atoms with E-state index in [1.54, 1.807) is 12.1 Å². The van der Waals surface area contributed by atoms with Crippen molar-refractivity contribution < 1.29 is 37.4 Å². The third-order valence-electron chi connectivity index (χ3n) is 5.69. The quantitative estimate of drug-likeness (QED) is 0.534. The molecule has 172 valence electrons. The molecule has 0 saturated carbocycles. The molecule has 10 heteroatoms. The van der Waals surface area contributed by atoms with Gasteiger partial charge in [-0.2, -0.15) is 13.2 Å². The molecule has 2 heterocycles. The van der Waals surface area contributed by atoms with Crippen LogP contribution in [-0.4, -0.2) is 70.9 Å². The highest BCUT2D eigenvalue weighted by Crippen LogP contribution is 2.43. The molecule has 0 aromatic heterocycles. The molecule has 2 aliphatic heterocycles. The summed E-state index contributed by atoms with van der Waals surface area (Å²) in [6.07, 6.45) is -1.67. The van der Waals surface area contributed by atoms with Crippen LogP contribution in [0.15, 0.2) is 36.9 Å². The van der Waals surface area contributed by atoms with Gasteiger partial charge in [-0.3, -0.25) is 14.6 Å². The number of rotatable bonds is 5. The molecule has 0 aliphatic carbocycles. The van der Waals surface area contributed by atoms with Crippen molar-refractivity contribution in [1.82, 2.24) is 9.80 Å². The average molecular weight is 446 g/mol. The van der Waals surface area contributed by atoms with Crippen molar-refractivity contribution in [3.8, 4) is 0 Å². The zero-order valence-electron chi connectivity index (χ0n) is 16.9. The monoisotopic (exact) mass is 446 g/mol. The number of hydrogen-bond donors (Lipinski definition) is 2. The van der Waals surface area contributed by atoms with Crippen LogP contribution in [0.5, 0.6) is 0 Å². The lowest BCUT2D eigenvalue weighted by atomic mass is 9.75. The van der Waals surface area contributed by atoms with Gasteiger partial charge in [-0.15, -0.1) is 6.58 Å². The highest BCUT2D eigenvalue weighted by atomic mass is 19.4. The zero-order valence-corrected chi connectivity index (χ0v) is 16.9. The molecular weight excluding hydrogens is 420 g/mol. The lowest BCUT2D eigenvalue weighted by molar-refractivity contribution is -0.192. The smallest absolute Gasteiger partial charge is 0.481 e. The van der Waals surface area contributed by atoms with E-state index >= 15 is 0 Å². The van der Waals surface area contributed by atoms with Gasteiger partial charge in [0, 0.05) is 38.6 Å². The summed E-state index contributed by atoms with van der Waals surface area (Å²) in [7, 11) is 0. The number of carbonyl (C=O) groups is 2. The molecule has 2 atom stereocenters. The van der Waals surface area contributed by atoms with Crippen molar-refractivity contribution in [3.63, 3.8) is 0 Å². The van der Waals surface area contributed by atoms with Gasteiger partial charge in [0.25, 0.3) is 0 Å². The molecule has 31 heavy (non-hydrogen) atoms. The fourth-order valence-electron chi connectivity index (χ4n) is 4.32. The van der Waals surface area contributed by atoms with Gasteiger partial charge in [-0.25, -0.2) is 9.18 Å². The van der Waals surface area contributed by atoms with Gasteiger partial charge >= 0.3 is 18.1 Å². The van der Waals surface area contributed by atoms with E-state index in [2.05, 4.69) is 16.4 Å². The minimum absolute atomic E-state index is 0.103. The largest absolute Gasteiger partial charge is 0.490 e. The van der Waals surface area contributed by atoms with E-state index in [1.807, 2.05) is 12.1 Å². The van der Waals surface area contributed by atoms with Crippen LogP contribution in [0, 0.1) is 17.2 Å². The number of carboxylic acids is 2. The number of fused-ring (bicyclic) bond motifs is 1. The fraction of sp³-hybridized carbons (Fsp3) is 0.524. The molecule has 2 aliphatic rings. The van der Waals surface area contributed by atoms with E-state index < -0.39 is 23.5 Å². The van der Waals surface area contributed by atoms with E-state index in [-0.39, 0.29) is 11.7 Å². The summed E-state index contributed by atoms with van der Waals surface area (Å²) in [6.45, 7) is 8.18. The number of hydrogen-bond acceptors (Lipinski definition) is 4. The summed E-state index contributed by atoms with van der Waals surface area (Å²) < 4.78 is 45.1. The standard InChI is InChI=1S/C19H25FN2O2.C2HF3O2/c1-2-8-22-13-16-12-21(11-15-5-3-6-17(20)10-15)9-4-7-19(16,14-22)18(23)24;3-2(4,5)1(6)7/h2-3,5-6,10,16H,1,4,7-9,11-14H2,(H,23,24);(H,6,7)/t16-,19-;/m0./s1. The van der Waals surface area contributed by atoms with Crippen molar-refractivity contribution in [1.29, 1.82) is 0 Å². The first-order valence-electron chi connectivity index (χ1n) is 9.81. The lowest BCUT2D eigenvalue weighted by Gasteiger charge is -2.29. The summed E-state index contributed by atoms with van der Waals surface area (Å²) in [5, 5.41) is 17.0. The maximum absolute atomic E-state index is 13.4. The fourth-order valence-corrected chi connectivity index (χ4v) is 4.32. The minimum Gasteiger partial charge on any atom is -0.481 e. The first-order valence-corrected chi connectivity index (χ1v) is 9.81. The Morgan fingerprint density at radius 3 is 2.42 bits per heavy atom. The van der Waals surface area contributed by atoms with Crippen LogP contribution in [-0.2, 0) is 16.1 Å². The summed E-state index contributed by atoms with van der Waals surface area (Å²) in [5.74, 6) is -3.55. The predicted octanol–water partition coefficient (Wildman–Crippen LogP) is 3.24. The molecule has 2 N–H and O–H groups in total. The average Bonchev–Trinajstić information content (AvgIpc) is 2.91. The number of halogens is 4. The van der Waals surface area contributed by atoms with E-state index in [0.717, 1.165) is 38.2 Å². The number of aliphatic carboxylic acids is 2. The zero-order chi connectivity index (χ0) is 23.2. The van der Waals surface area contributed by atoms with Crippen LogP contribution in [0.3, 0.4) is 0 Å². The molecule has 1 aromatic carbocycles. The number of nitrogens with zero attached hydrogens (tertiary/aromatic N) is 2. The minimum atomic E-state index is -5.08. The van der Waals surface area contributed by atoms with E-state index in [4.69, 9.17) is 9.90 Å². The lowest BCUT2D eigenvalue weighted by Crippen LogP contribution is -2.41. The van der Waals surface area contributed by atoms with Gasteiger partial charge in [-0.1, -0.05) is 18.2 Å². The predicted molar refractivity (Wildman–Crippen MR) is 105 cm³/mol. The van der Waals surface area contributed by atoms with Gasteiger partial charge in [0.15, 0.2) is 0 Å². The van der Waals surface area contributed by atoms with Crippen LogP contribution < -0.4 is 0 Å². The molecular formula is C21H26F4N2O4. The summed E-state index contributed by atoms with van der Waals surface area (Å²) in [6, 6.07) is 6.67. The third kappa shape index (κ3) is 6.51. The first-order chi connectivity index (χ1) is 14.5. The van der Waals surface area contributed by atoms with E-state index in [1.165, 1.54) is 6.07 Å². The maximum atomic E-state index is 13.4. The molecule has 2 saturated heterocycles. The Labute approximate surface area is 177 Å². The highest BCUT2D eigenvalue weighted by molar-refractivity contribution is 5.76. The number of alkyl halides is 3. The van der Waals surface area contributed by atoms with Crippen LogP contribution in [0.1, 0.15) is 18.4 Å². The third-order valence-corrected chi connectivity index (χ3v) is 5.69. The van der Waals surface area contributed by atoms with Crippen LogP contribution in [0.25, 0.3) is 0 Å². The van der Waals surface area contributed by atoms with Gasteiger partial charge in [0.05, 0.1) is 5.41 Å². The second-order valence-electron chi connectivity index (χ2n) is 7.91. The topological polar surface area (TPSA) is 81.1 Å². The van der Waals surface area contributed by atoms with Crippen molar-refractivity contribution in [2.45, 2.75) is 25.6 Å². The molecule has 0 radical (unpaired) electrons. The Morgan fingerprint density at radius 1 is 1.23 bits per heavy atom. The highest BCUT2D eigenvalue weighted by Gasteiger charge is 2.52. The number of benzene rings is 1. The summed E-state index contributed by atoms with van der Waals surface area (Å²) in [5.41, 5.74) is 0.290. The van der Waals surface area contributed by atoms with Gasteiger partial charge < -0.3 is 10.2 Å². The van der Waals surface area contributed by atoms with E-state index in [9.17, 15) is 27.5 Å². The Hall–Kier alpha value is -2.46. The number of carboxylic acid groups (broad SMARTS) is 2. The molecule has 2 fully saturated rings. The Balaban J connectivity index is 0.000000423. The molecule has 0 unspecified atom stereocenters. The molecule has 3 rings (SSSR count). The van der Waals surface area contributed by atoms with Crippen molar-refractivity contribution in [2.75, 3.05) is 32.7 Å². The molecule has 1 aromatic rings. The molecule has 6 nitrogen and oxygen atoms in total. The van der Waals surface area contributed by atoms with Crippen molar-refractivity contribution >= 4 is 11.9 Å². The second kappa shape index (κ2) is 10.2. The van der Waals surface area contributed by atoms with Crippen molar-refractivity contribution in [3.05, 3.63) is 48.3 Å². The summed E-state index contributed by atoms with van der Waals surface area (Å²) >= 11 is 0. The summed E-state index contributed by atoms with van der Waals surface area (Å²) in [4.78, 5) is 25.4. The Bertz CT molecular complexity index is 802. The van der Waals surface area contributed by atoms with Crippen LogP contribution in [0.4, 0.5) is 17.6 Å². The van der Waals surface area contributed by atoms with E-state index in [0.29, 0.717) is 19.5 Å². The number of likely N-dealkylation sites (tertiary alicyclic amines) is 2. The maximum Gasteiger partial charge on any atom is 0.490 e. The molecule has 0 spiro atoms. The van der Waals surface area contributed by atoms with Gasteiger partial charge in [0.1, 0.15) is 5.82 Å². The van der Waals surface area contributed by atoms with Gasteiger partial charge in [0.2, 0.25) is 0 Å². The SMILES string of the molecule is C=CCN1C[C@@H]2CN(Cc3cccc(F)c3)CCC[C@]2(C(=O)O)C1.O=C(O)C(F)(F)F. The Morgan fingerprint density at radius 2 is 1.87 bits per heavy atom. The van der Waals surface area contributed by atoms with Crippen LogP contribution >= 0.6 is 0 Å². The normalized spacial score (nSPS) is 24.5. The second-order valence-corrected chi connectivity index (χ2v) is 7.91. The van der Waals surface area contributed by atoms with Crippen LogP contribution in [0.2, 0.25) is 0 Å². The van der Waals surface area contributed by atoms with Crippen molar-refractivity contribution in [2.24, 2.45) is 11.3 Å². The molecule has 0 bridgehead atoms.